The number of furan rings is 1. The van der Waals surface area contributed by atoms with Crippen LogP contribution in [0, 0.1) is 13.8 Å². The Morgan fingerprint density at radius 2 is 1.88 bits per heavy atom. The van der Waals surface area contributed by atoms with Crippen LogP contribution >= 0.6 is 0 Å². The number of aromatic hydroxyl groups is 1. The van der Waals surface area contributed by atoms with Crippen molar-refractivity contribution in [1.82, 2.24) is 4.31 Å². The Labute approximate surface area is 146 Å². The zero-order valence-electron chi connectivity index (χ0n) is 14.1. The number of sulfonamides is 1. The number of hydrogen-bond donors (Lipinski definition) is 2. The predicted octanol–water partition coefficient (Wildman–Crippen LogP) is 2.64. The maximum Gasteiger partial charge on any atom is 0.291 e. The van der Waals surface area contributed by atoms with E-state index in [1.165, 1.54) is 23.4 Å². The standard InChI is InChI=1S/C17H20N2O5S/c1-11-5-6-14(20)13(9-11)18-17(21)15-10-16(12(2)24-15)25(22,23)19-7-3-4-8-19/h5-6,9-10,20H,3-4,7-8H2,1-2H3,(H,18,21). The molecular formula is C17H20N2O5S. The molecule has 0 aliphatic carbocycles. The molecule has 25 heavy (non-hydrogen) atoms. The second-order valence-electron chi connectivity index (χ2n) is 6.12. The number of nitrogens with one attached hydrogen (secondary N) is 1. The Morgan fingerprint density at radius 1 is 1.20 bits per heavy atom. The maximum atomic E-state index is 12.6. The number of phenolic OH excluding ortho intramolecular Hbond substituents is 1. The van der Waals surface area contributed by atoms with Gasteiger partial charge in [-0.05, 0) is 44.4 Å². The van der Waals surface area contributed by atoms with Crippen molar-refractivity contribution in [1.29, 1.82) is 0 Å². The predicted molar refractivity (Wildman–Crippen MR) is 92.2 cm³/mol. The molecule has 2 heterocycles. The maximum absolute atomic E-state index is 12.6. The van der Waals surface area contributed by atoms with E-state index in [0.717, 1.165) is 18.4 Å². The monoisotopic (exact) mass is 364 g/mol. The van der Waals surface area contributed by atoms with Crippen molar-refractivity contribution in [2.24, 2.45) is 0 Å². The molecule has 1 aliphatic heterocycles. The summed E-state index contributed by atoms with van der Waals surface area (Å²) < 4.78 is 32.1. The first-order chi connectivity index (χ1) is 11.8. The number of benzene rings is 1. The summed E-state index contributed by atoms with van der Waals surface area (Å²) in [4.78, 5) is 12.4. The van der Waals surface area contributed by atoms with Gasteiger partial charge in [-0.3, -0.25) is 4.79 Å². The van der Waals surface area contributed by atoms with Gasteiger partial charge in [-0.25, -0.2) is 8.42 Å². The topological polar surface area (TPSA) is 99.8 Å². The lowest BCUT2D eigenvalue weighted by atomic mass is 10.2. The molecular weight excluding hydrogens is 344 g/mol. The number of hydrogen-bond acceptors (Lipinski definition) is 5. The van der Waals surface area contributed by atoms with Crippen LogP contribution in [-0.2, 0) is 10.0 Å². The van der Waals surface area contributed by atoms with Crippen LogP contribution in [0.5, 0.6) is 5.75 Å². The van der Waals surface area contributed by atoms with Crippen molar-refractivity contribution in [3.63, 3.8) is 0 Å². The summed E-state index contributed by atoms with van der Waals surface area (Å²) in [7, 11) is -3.66. The molecule has 3 rings (SSSR count). The molecule has 134 valence electrons. The normalized spacial score (nSPS) is 15.4. The quantitative estimate of drug-likeness (QED) is 0.813. The fourth-order valence-electron chi connectivity index (χ4n) is 2.83. The molecule has 1 amide bonds. The number of anilines is 1. The van der Waals surface area contributed by atoms with Crippen molar-refractivity contribution < 1.29 is 22.7 Å². The van der Waals surface area contributed by atoms with Gasteiger partial charge in [0, 0.05) is 19.2 Å². The van der Waals surface area contributed by atoms with Gasteiger partial charge in [0.1, 0.15) is 16.4 Å². The van der Waals surface area contributed by atoms with Gasteiger partial charge >= 0.3 is 0 Å². The number of amides is 1. The molecule has 1 aromatic carbocycles. The third-order valence-corrected chi connectivity index (χ3v) is 6.19. The molecule has 1 aromatic heterocycles. The fraction of sp³-hybridized carbons (Fsp3) is 0.353. The smallest absolute Gasteiger partial charge is 0.291 e. The minimum Gasteiger partial charge on any atom is -0.506 e. The second kappa shape index (κ2) is 6.53. The molecule has 0 saturated carbocycles. The van der Waals surface area contributed by atoms with Gasteiger partial charge in [0.05, 0.1) is 5.69 Å². The van der Waals surface area contributed by atoms with Crippen LogP contribution in [-0.4, -0.2) is 36.8 Å². The minimum atomic E-state index is -3.66. The van der Waals surface area contributed by atoms with Crippen LogP contribution in [0.4, 0.5) is 5.69 Å². The highest BCUT2D eigenvalue weighted by Crippen LogP contribution is 2.28. The Hall–Kier alpha value is -2.32. The van der Waals surface area contributed by atoms with E-state index in [2.05, 4.69) is 5.32 Å². The molecule has 1 aliphatic rings. The molecule has 1 fully saturated rings. The largest absolute Gasteiger partial charge is 0.506 e. The van der Waals surface area contributed by atoms with E-state index >= 15 is 0 Å². The van der Waals surface area contributed by atoms with Gasteiger partial charge in [0.2, 0.25) is 10.0 Å². The zero-order chi connectivity index (χ0) is 18.2. The molecule has 2 N–H and O–H groups in total. The number of carbonyl (C=O) groups is 1. The summed E-state index contributed by atoms with van der Waals surface area (Å²) >= 11 is 0. The molecule has 0 bridgehead atoms. The molecule has 0 atom stereocenters. The van der Waals surface area contributed by atoms with Gasteiger partial charge in [-0.2, -0.15) is 4.31 Å². The molecule has 0 spiro atoms. The van der Waals surface area contributed by atoms with Crippen molar-refractivity contribution in [3.8, 4) is 5.75 Å². The summed E-state index contributed by atoms with van der Waals surface area (Å²) in [6.07, 6.45) is 1.66. The second-order valence-corrected chi connectivity index (χ2v) is 8.02. The highest BCUT2D eigenvalue weighted by Gasteiger charge is 2.31. The molecule has 0 radical (unpaired) electrons. The highest BCUT2D eigenvalue weighted by atomic mass is 32.2. The van der Waals surface area contributed by atoms with Crippen LogP contribution in [0.25, 0.3) is 0 Å². The lowest BCUT2D eigenvalue weighted by Crippen LogP contribution is -2.28. The van der Waals surface area contributed by atoms with Crippen LogP contribution in [0.15, 0.2) is 33.6 Å². The Bertz CT molecular complexity index is 911. The van der Waals surface area contributed by atoms with Crippen LogP contribution in [0.2, 0.25) is 0 Å². The first-order valence-corrected chi connectivity index (χ1v) is 9.44. The lowest BCUT2D eigenvalue weighted by molar-refractivity contribution is 0.0995. The molecule has 0 unspecified atom stereocenters. The average molecular weight is 364 g/mol. The van der Waals surface area contributed by atoms with Crippen molar-refractivity contribution >= 4 is 21.6 Å². The number of carbonyl (C=O) groups excluding carboxylic acids is 1. The van der Waals surface area contributed by atoms with Crippen LogP contribution in [0.3, 0.4) is 0 Å². The third kappa shape index (κ3) is 3.40. The fourth-order valence-corrected chi connectivity index (χ4v) is 4.51. The number of nitrogens with zero attached hydrogens (tertiary/aromatic N) is 1. The van der Waals surface area contributed by atoms with Gasteiger partial charge in [0.25, 0.3) is 5.91 Å². The number of rotatable bonds is 4. The zero-order valence-corrected chi connectivity index (χ0v) is 14.9. The molecule has 7 nitrogen and oxygen atoms in total. The summed E-state index contributed by atoms with van der Waals surface area (Å²) in [6.45, 7) is 4.30. The van der Waals surface area contributed by atoms with Crippen LogP contribution < -0.4 is 5.32 Å². The van der Waals surface area contributed by atoms with Gasteiger partial charge in [-0.1, -0.05) is 6.07 Å². The summed E-state index contributed by atoms with van der Waals surface area (Å²) in [5.74, 6) is -0.638. The van der Waals surface area contributed by atoms with E-state index in [9.17, 15) is 18.3 Å². The molecule has 2 aromatic rings. The van der Waals surface area contributed by atoms with Gasteiger partial charge in [-0.15, -0.1) is 0 Å². The number of aryl methyl sites for hydroxylation is 2. The van der Waals surface area contributed by atoms with Gasteiger partial charge < -0.3 is 14.8 Å². The van der Waals surface area contributed by atoms with E-state index in [0.29, 0.717) is 13.1 Å². The summed E-state index contributed by atoms with van der Waals surface area (Å²) in [5.41, 5.74) is 1.10. The molecule has 8 heteroatoms. The van der Waals surface area contributed by atoms with Crippen molar-refractivity contribution in [2.45, 2.75) is 31.6 Å². The average Bonchev–Trinajstić information content (AvgIpc) is 3.20. The summed E-state index contributed by atoms with van der Waals surface area (Å²) in [6, 6.07) is 6.04. The first kappa shape index (κ1) is 17.5. The minimum absolute atomic E-state index is 0.00742. The lowest BCUT2D eigenvalue weighted by Gasteiger charge is -2.14. The SMILES string of the molecule is Cc1ccc(O)c(NC(=O)c2cc(S(=O)(=O)N3CCCC3)c(C)o2)c1. The van der Waals surface area contributed by atoms with E-state index in [-0.39, 0.29) is 27.9 Å². The molecule has 1 saturated heterocycles. The number of phenols is 1. The highest BCUT2D eigenvalue weighted by molar-refractivity contribution is 7.89. The third-order valence-electron chi connectivity index (χ3n) is 4.18. The van der Waals surface area contributed by atoms with Crippen LogP contribution in [0.1, 0.15) is 34.7 Å². The Balaban J connectivity index is 1.86. The van der Waals surface area contributed by atoms with E-state index < -0.39 is 15.9 Å². The van der Waals surface area contributed by atoms with E-state index in [1.54, 1.807) is 12.1 Å². The van der Waals surface area contributed by atoms with Crippen molar-refractivity contribution in [3.05, 3.63) is 41.3 Å². The van der Waals surface area contributed by atoms with E-state index in [1.807, 2.05) is 6.92 Å². The Morgan fingerprint density at radius 3 is 2.56 bits per heavy atom. The van der Waals surface area contributed by atoms with Gasteiger partial charge in [0.15, 0.2) is 5.76 Å². The Kier molecular flexibility index (Phi) is 4.57. The van der Waals surface area contributed by atoms with E-state index in [4.69, 9.17) is 4.42 Å². The summed E-state index contributed by atoms with van der Waals surface area (Å²) in [5, 5.41) is 12.4. The van der Waals surface area contributed by atoms with Crippen molar-refractivity contribution in [2.75, 3.05) is 18.4 Å². The first-order valence-electron chi connectivity index (χ1n) is 8.00.